The lowest BCUT2D eigenvalue weighted by molar-refractivity contribution is -0.131. The molecule has 2 saturated heterocycles. The van der Waals surface area contributed by atoms with E-state index in [-0.39, 0.29) is 29.9 Å². The molecule has 1 aromatic rings. The molecule has 2 fully saturated rings. The van der Waals surface area contributed by atoms with Crippen LogP contribution in [0.1, 0.15) is 18.4 Å². The van der Waals surface area contributed by atoms with E-state index in [4.69, 9.17) is 4.74 Å². The fourth-order valence-corrected chi connectivity index (χ4v) is 3.82. The van der Waals surface area contributed by atoms with E-state index in [1.807, 2.05) is 30.1 Å². The van der Waals surface area contributed by atoms with Gasteiger partial charge in [-0.25, -0.2) is 0 Å². The second-order valence-electron chi connectivity index (χ2n) is 7.46. The van der Waals surface area contributed by atoms with E-state index < -0.39 is 0 Å². The number of amides is 1. The fourth-order valence-electron chi connectivity index (χ4n) is 3.82. The predicted octanol–water partition coefficient (Wildman–Crippen LogP) is 2.18. The van der Waals surface area contributed by atoms with Crippen molar-refractivity contribution in [2.75, 3.05) is 59.5 Å². The van der Waals surface area contributed by atoms with Gasteiger partial charge in [0, 0.05) is 58.4 Å². The number of rotatable bonds is 7. The van der Waals surface area contributed by atoms with Crippen LogP contribution in [0.3, 0.4) is 0 Å². The van der Waals surface area contributed by atoms with E-state index in [9.17, 15) is 4.79 Å². The van der Waals surface area contributed by atoms with Gasteiger partial charge in [-0.1, -0.05) is 30.9 Å². The minimum Gasteiger partial charge on any atom is -0.489 e. The molecule has 0 aliphatic carbocycles. The average Bonchev–Trinajstić information content (AvgIpc) is 3.29. The molecule has 2 aliphatic heterocycles. The zero-order chi connectivity index (χ0) is 20.5. The van der Waals surface area contributed by atoms with Crippen LogP contribution in [0.25, 0.3) is 0 Å². The molecule has 0 radical (unpaired) electrons. The molecular weight excluding hydrogens is 493 g/mol. The van der Waals surface area contributed by atoms with Crippen LogP contribution < -0.4 is 10.1 Å². The second kappa shape index (κ2) is 12.8. The Labute approximate surface area is 197 Å². The molecule has 0 atom stereocenters. The summed E-state index contributed by atoms with van der Waals surface area (Å²) in [6.07, 6.45) is 4.03. The van der Waals surface area contributed by atoms with Gasteiger partial charge in [0.2, 0.25) is 5.91 Å². The molecule has 7 nitrogen and oxygen atoms in total. The van der Waals surface area contributed by atoms with Crippen molar-refractivity contribution in [2.24, 2.45) is 4.99 Å². The summed E-state index contributed by atoms with van der Waals surface area (Å²) in [5, 5.41) is 3.45. The van der Waals surface area contributed by atoms with Crippen LogP contribution in [0.2, 0.25) is 0 Å². The van der Waals surface area contributed by atoms with Crippen LogP contribution in [0.5, 0.6) is 5.75 Å². The number of likely N-dealkylation sites (tertiary alicyclic amines) is 1. The number of guanidine groups is 1. The Kier molecular flexibility index (Phi) is 10.4. The molecular formula is C22H34IN5O2. The number of para-hydroxylation sites is 1. The SMILES string of the molecule is C=CCOc1ccccc1CNC(=NC)N1CCN(CC(=O)N2CCCC2)CC1.I. The number of nitrogens with zero attached hydrogens (tertiary/aromatic N) is 4. The van der Waals surface area contributed by atoms with Gasteiger partial charge in [-0.2, -0.15) is 0 Å². The number of hydrogen-bond donors (Lipinski definition) is 1. The van der Waals surface area contributed by atoms with E-state index in [1.165, 1.54) is 0 Å². The lowest BCUT2D eigenvalue weighted by Crippen LogP contribution is -2.54. The van der Waals surface area contributed by atoms with Gasteiger partial charge in [0.15, 0.2) is 5.96 Å². The van der Waals surface area contributed by atoms with Crippen LogP contribution in [-0.4, -0.2) is 86.0 Å². The monoisotopic (exact) mass is 527 g/mol. The van der Waals surface area contributed by atoms with E-state index in [1.54, 1.807) is 6.08 Å². The summed E-state index contributed by atoms with van der Waals surface area (Å²) in [6.45, 7) is 10.7. The average molecular weight is 527 g/mol. The third-order valence-electron chi connectivity index (χ3n) is 5.47. The lowest BCUT2D eigenvalue weighted by atomic mass is 10.2. The maximum atomic E-state index is 12.4. The van der Waals surface area contributed by atoms with Gasteiger partial charge in [-0.3, -0.25) is 14.7 Å². The van der Waals surface area contributed by atoms with E-state index >= 15 is 0 Å². The molecule has 3 rings (SSSR count). The Morgan fingerprint density at radius 2 is 1.83 bits per heavy atom. The quantitative estimate of drug-likeness (QED) is 0.255. The van der Waals surface area contributed by atoms with Crippen LogP contribution in [0, 0.1) is 0 Å². The Morgan fingerprint density at radius 3 is 2.50 bits per heavy atom. The lowest BCUT2D eigenvalue weighted by Gasteiger charge is -2.36. The number of benzene rings is 1. The molecule has 0 saturated carbocycles. The smallest absolute Gasteiger partial charge is 0.236 e. The summed E-state index contributed by atoms with van der Waals surface area (Å²) < 4.78 is 5.74. The first-order valence-electron chi connectivity index (χ1n) is 10.5. The first-order chi connectivity index (χ1) is 14.2. The van der Waals surface area contributed by atoms with Crippen molar-refractivity contribution in [3.63, 3.8) is 0 Å². The highest BCUT2D eigenvalue weighted by Gasteiger charge is 2.24. The number of nitrogens with one attached hydrogen (secondary N) is 1. The Bertz CT molecular complexity index is 713. The van der Waals surface area contributed by atoms with E-state index in [2.05, 4.69) is 32.8 Å². The third kappa shape index (κ3) is 6.87. The van der Waals surface area contributed by atoms with E-state index in [0.717, 1.165) is 69.4 Å². The summed E-state index contributed by atoms with van der Waals surface area (Å²) in [5.41, 5.74) is 1.09. The van der Waals surface area contributed by atoms with Crippen LogP contribution in [-0.2, 0) is 11.3 Å². The first-order valence-corrected chi connectivity index (χ1v) is 10.5. The Balaban J connectivity index is 0.00000320. The molecule has 0 spiro atoms. The van der Waals surface area contributed by atoms with E-state index in [0.29, 0.717) is 19.7 Å². The van der Waals surface area contributed by atoms with Crippen molar-refractivity contribution >= 4 is 35.8 Å². The first kappa shape index (κ1) is 24.5. The van der Waals surface area contributed by atoms with Crippen molar-refractivity contribution < 1.29 is 9.53 Å². The second-order valence-corrected chi connectivity index (χ2v) is 7.46. The van der Waals surface area contributed by atoms with Crippen LogP contribution >= 0.6 is 24.0 Å². The molecule has 1 amide bonds. The molecule has 8 heteroatoms. The highest BCUT2D eigenvalue weighted by Crippen LogP contribution is 2.18. The van der Waals surface area contributed by atoms with Crippen molar-refractivity contribution in [3.05, 3.63) is 42.5 Å². The summed E-state index contributed by atoms with van der Waals surface area (Å²) in [6, 6.07) is 8.01. The normalized spacial score (nSPS) is 17.4. The van der Waals surface area contributed by atoms with Gasteiger partial charge in [0.25, 0.3) is 0 Å². The molecule has 1 aromatic carbocycles. The number of ether oxygens (including phenoxy) is 1. The van der Waals surface area contributed by atoms with Crippen LogP contribution in [0.15, 0.2) is 41.9 Å². The largest absolute Gasteiger partial charge is 0.489 e. The highest BCUT2D eigenvalue weighted by atomic mass is 127. The number of piperazine rings is 1. The molecule has 0 aromatic heterocycles. The van der Waals surface area contributed by atoms with Crippen LogP contribution in [0.4, 0.5) is 0 Å². The zero-order valence-corrected chi connectivity index (χ0v) is 20.2. The topological polar surface area (TPSA) is 60.4 Å². The number of halogens is 1. The van der Waals surface area contributed by atoms with Gasteiger partial charge < -0.3 is 19.9 Å². The maximum Gasteiger partial charge on any atom is 0.236 e. The Morgan fingerprint density at radius 1 is 1.13 bits per heavy atom. The minimum absolute atomic E-state index is 0. The van der Waals surface area contributed by atoms with Crippen molar-refractivity contribution in [1.29, 1.82) is 0 Å². The summed E-state index contributed by atoms with van der Waals surface area (Å²) >= 11 is 0. The summed E-state index contributed by atoms with van der Waals surface area (Å²) in [5.74, 6) is 2.02. The van der Waals surface area contributed by atoms with Gasteiger partial charge in [-0.15, -0.1) is 24.0 Å². The van der Waals surface area contributed by atoms with Gasteiger partial charge in [0.05, 0.1) is 6.54 Å². The summed E-state index contributed by atoms with van der Waals surface area (Å²) in [7, 11) is 1.81. The number of carbonyl (C=O) groups is 1. The van der Waals surface area contributed by atoms with Crippen molar-refractivity contribution in [3.8, 4) is 5.75 Å². The Hall–Kier alpha value is -1.81. The van der Waals surface area contributed by atoms with Crippen molar-refractivity contribution in [1.82, 2.24) is 20.0 Å². The molecule has 2 aliphatic rings. The molecule has 2 heterocycles. The van der Waals surface area contributed by atoms with Gasteiger partial charge >= 0.3 is 0 Å². The fraction of sp³-hybridized carbons (Fsp3) is 0.545. The number of carbonyl (C=O) groups excluding carboxylic acids is 1. The molecule has 166 valence electrons. The zero-order valence-electron chi connectivity index (χ0n) is 17.9. The minimum atomic E-state index is 0. The molecule has 0 bridgehead atoms. The summed E-state index contributed by atoms with van der Waals surface area (Å²) in [4.78, 5) is 23.3. The maximum absolute atomic E-state index is 12.4. The number of aliphatic imine (C=N–C) groups is 1. The standard InChI is InChI=1S/C22H33N5O2.HI/c1-3-16-29-20-9-5-4-8-19(20)17-24-22(23-2)27-14-12-25(13-15-27)18-21(28)26-10-6-7-11-26;/h3-5,8-9H,1,6-7,10-18H2,2H3,(H,23,24);1H. The molecule has 1 N–H and O–H groups in total. The predicted molar refractivity (Wildman–Crippen MR) is 132 cm³/mol. The third-order valence-corrected chi connectivity index (χ3v) is 5.47. The van der Waals surface area contributed by atoms with Crippen molar-refractivity contribution in [2.45, 2.75) is 19.4 Å². The number of hydrogen-bond acceptors (Lipinski definition) is 4. The van der Waals surface area contributed by atoms with Gasteiger partial charge in [0.1, 0.15) is 12.4 Å². The van der Waals surface area contributed by atoms with Gasteiger partial charge in [-0.05, 0) is 18.9 Å². The molecule has 0 unspecified atom stereocenters. The highest BCUT2D eigenvalue weighted by molar-refractivity contribution is 14.0. The molecule has 30 heavy (non-hydrogen) atoms.